The molecule has 3 rings (SSSR count). The number of rotatable bonds is 6. The monoisotopic (exact) mass is 419 g/mol. The van der Waals surface area contributed by atoms with Gasteiger partial charge in [-0.15, -0.1) is 11.3 Å². The quantitative estimate of drug-likeness (QED) is 0.541. The second-order valence-electron chi connectivity index (χ2n) is 7.35. The van der Waals surface area contributed by atoms with Crippen molar-refractivity contribution in [2.75, 3.05) is 31.1 Å². The lowest BCUT2D eigenvalue weighted by Crippen LogP contribution is -2.40. The summed E-state index contributed by atoms with van der Waals surface area (Å²) in [7, 11) is 0. The van der Waals surface area contributed by atoms with Gasteiger partial charge in [0.25, 0.3) is 0 Å². The summed E-state index contributed by atoms with van der Waals surface area (Å²) in [6.45, 7) is 12.9. The molecule has 1 unspecified atom stereocenters. The number of halogens is 1. The van der Waals surface area contributed by atoms with E-state index in [9.17, 15) is 0 Å². The van der Waals surface area contributed by atoms with Gasteiger partial charge < -0.3 is 15.5 Å². The number of anilines is 1. The van der Waals surface area contributed by atoms with Gasteiger partial charge in [-0.1, -0.05) is 17.7 Å². The van der Waals surface area contributed by atoms with Crippen LogP contribution in [-0.4, -0.2) is 37.1 Å². The van der Waals surface area contributed by atoms with E-state index in [0.29, 0.717) is 12.5 Å². The fraction of sp³-hybridized carbons (Fsp3) is 0.524. The molecular weight excluding hydrogens is 390 g/mol. The van der Waals surface area contributed by atoms with E-state index >= 15 is 0 Å². The highest BCUT2D eigenvalue weighted by Gasteiger charge is 2.24. The first kappa shape index (κ1) is 20.9. The summed E-state index contributed by atoms with van der Waals surface area (Å²) in [4.78, 5) is 12.9. The van der Waals surface area contributed by atoms with Crippen LogP contribution in [-0.2, 0) is 6.54 Å². The van der Waals surface area contributed by atoms with E-state index in [4.69, 9.17) is 16.6 Å². The van der Waals surface area contributed by atoms with Crippen LogP contribution in [0.4, 0.5) is 5.69 Å². The zero-order chi connectivity index (χ0) is 20.1. The SMILES string of the molecule is CCNC(=NCc1sc(C)nc1C)NCC1CCN(c2cc(Cl)ccc2C)C1. The zero-order valence-electron chi connectivity index (χ0n) is 17.2. The molecule has 0 amide bonds. The third-order valence-electron chi connectivity index (χ3n) is 5.08. The number of benzene rings is 1. The molecule has 152 valence electrons. The normalized spacial score (nSPS) is 17.2. The topological polar surface area (TPSA) is 52.6 Å². The van der Waals surface area contributed by atoms with Gasteiger partial charge in [-0.2, -0.15) is 0 Å². The molecule has 1 aromatic heterocycles. The van der Waals surface area contributed by atoms with Crippen molar-refractivity contribution in [3.63, 3.8) is 0 Å². The summed E-state index contributed by atoms with van der Waals surface area (Å²) in [5, 5.41) is 8.79. The number of aryl methyl sites for hydroxylation is 3. The number of aliphatic imine (C=N–C) groups is 1. The van der Waals surface area contributed by atoms with Crippen molar-refractivity contribution in [2.45, 2.75) is 40.7 Å². The Hall–Kier alpha value is -1.79. The Kier molecular flexibility index (Phi) is 7.18. The molecule has 1 saturated heterocycles. The summed E-state index contributed by atoms with van der Waals surface area (Å²) in [6.07, 6.45) is 1.17. The van der Waals surface area contributed by atoms with Gasteiger partial charge in [-0.25, -0.2) is 9.98 Å². The van der Waals surface area contributed by atoms with Crippen molar-refractivity contribution in [1.29, 1.82) is 0 Å². The summed E-state index contributed by atoms with van der Waals surface area (Å²) in [5.74, 6) is 1.47. The first-order valence-corrected chi connectivity index (χ1v) is 11.1. The minimum Gasteiger partial charge on any atom is -0.371 e. The molecule has 0 aliphatic carbocycles. The van der Waals surface area contributed by atoms with E-state index in [-0.39, 0.29) is 0 Å². The number of nitrogens with zero attached hydrogens (tertiary/aromatic N) is 3. The third-order valence-corrected chi connectivity index (χ3v) is 6.37. The van der Waals surface area contributed by atoms with Crippen molar-refractivity contribution in [2.24, 2.45) is 10.9 Å². The van der Waals surface area contributed by atoms with Crippen molar-refractivity contribution < 1.29 is 0 Å². The third kappa shape index (κ3) is 5.39. The van der Waals surface area contributed by atoms with Crippen molar-refractivity contribution in [3.05, 3.63) is 44.4 Å². The number of aromatic nitrogens is 1. The Morgan fingerprint density at radius 3 is 2.86 bits per heavy atom. The molecule has 2 heterocycles. The maximum Gasteiger partial charge on any atom is 0.191 e. The Bertz CT molecular complexity index is 832. The summed E-state index contributed by atoms with van der Waals surface area (Å²) >= 11 is 7.93. The smallest absolute Gasteiger partial charge is 0.191 e. The Labute approximate surface area is 177 Å². The fourth-order valence-corrected chi connectivity index (χ4v) is 4.62. The highest BCUT2D eigenvalue weighted by molar-refractivity contribution is 7.11. The fourth-order valence-electron chi connectivity index (χ4n) is 3.60. The number of hydrogen-bond acceptors (Lipinski definition) is 4. The van der Waals surface area contributed by atoms with Crippen LogP contribution in [0.3, 0.4) is 0 Å². The van der Waals surface area contributed by atoms with Crippen LogP contribution >= 0.6 is 22.9 Å². The van der Waals surface area contributed by atoms with Crippen LogP contribution in [0.25, 0.3) is 0 Å². The summed E-state index contributed by atoms with van der Waals surface area (Å²) in [6, 6.07) is 6.14. The summed E-state index contributed by atoms with van der Waals surface area (Å²) < 4.78 is 0. The molecule has 1 aliphatic rings. The first-order valence-electron chi connectivity index (χ1n) is 9.92. The largest absolute Gasteiger partial charge is 0.371 e. The number of hydrogen-bond donors (Lipinski definition) is 2. The molecule has 0 saturated carbocycles. The van der Waals surface area contributed by atoms with Gasteiger partial charge in [0.2, 0.25) is 0 Å². The lowest BCUT2D eigenvalue weighted by atomic mass is 10.1. The van der Waals surface area contributed by atoms with E-state index in [0.717, 1.165) is 47.9 Å². The average molecular weight is 420 g/mol. The van der Waals surface area contributed by atoms with Crippen molar-refractivity contribution in [3.8, 4) is 0 Å². The minimum absolute atomic E-state index is 0.592. The van der Waals surface area contributed by atoms with Gasteiger partial charge in [-0.05, 0) is 57.7 Å². The maximum atomic E-state index is 6.20. The molecule has 7 heteroatoms. The lowest BCUT2D eigenvalue weighted by Gasteiger charge is -2.21. The van der Waals surface area contributed by atoms with Crippen LogP contribution in [0.2, 0.25) is 5.02 Å². The zero-order valence-corrected chi connectivity index (χ0v) is 18.8. The van der Waals surface area contributed by atoms with Gasteiger partial charge in [-0.3, -0.25) is 0 Å². The van der Waals surface area contributed by atoms with Gasteiger partial charge in [0, 0.05) is 41.8 Å². The van der Waals surface area contributed by atoms with Crippen LogP contribution < -0.4 is 15.5 Å². The molecule has 1 atom stereocenters. The molecule has 0 spiro atoms. The van der Waals surface area contributed by atoms with E-state index < -0.39 is 0 Å². The van der Waals surface area contributed by atoms with Gasteiger partial charge in [0.05, 0.1) is 17.2 Å². The van der Waals surface area contributed by atoms with E-state index in [1.54, 1.807) is 11.3 Å². The summed E-state index contributed by atoms with van der Waals surface area (Å²) in [5.41, 5.74) is 3.63. The van der Waals surface area contributed by atoms with E-state index in [1.807, 2.05) is 13.0 Å². The van der Waals surface area contributed by atoms with Crippen LogP contribution in [0.15, 0.2) is 23.2 Å². The van der Waals surface area contributed by atoms with Gasteiger partial charge in [0.15, 0.2) is 5.96 Å². The molecular formula is C21H30ClN5S. The van der Waals surface area contributed by atoms with Crippen molar-refractivity contribution >= 4 is 34.6 Å². The highest BCUT2D eigenvalue weighted by Crippen LogP contribution is 2.29. The Morgan fingerprint density at radius 1 is 1.32 bits per heavy atom. The number of nitrogens with one attached hydrogen (secondary N) is 2. The number of guanidine groups is 1. The maximum absolute atomic E-state index is 6.20. The molecule has 28 heavy (non-hydrogen) atoms. The van der Waals surface area contributed by atoms with Gasteiger partial charge >= 0.3 is 0 Å². The standard InChI is InChI=1S/C21H30ClN5S/c1-5-23-21(25-12-20-15(3)26-16(4)28-20)24-11-17-8-9-27(13-17)19-10-18(22)7-6-14(19)2/h6-7,10,17H,5,8-9,11-13H2,1-4H3,(H2,23,24,25). The van der Waals surface area contributed by atoms with E-state index in [1.165, 1.54) is 22.5 Å². The van der Waals surface area contributed by atoms with Crippen LogP contribution in [0.1, 0.15) is 34.5 Å². The Morgan fingerprint density at radius 2 is 2.14 bits per heavy atom. The predicted molar refractivity (Wildman–Crippen MR) is 121 cm³/mol. The molecule has 1 fully saturated rings. The number of thiazole rings is 1. The minimum atomic E-state index is 0.592. The predicted octanol–water partition coefficient (Wildman–Crippen LogP) is 4.30. The second kappa shape index (κ2) is 9.61. The first-order chi connectivity index (χ1) is 13.5. The average Bonchev–Trinajstić information content (AvgIpc) is 3.25. The van der Waals surface area contributed by atoms with E-state index in [2.05, 4.69) is 53.4 Å². The molecule has 2 N–H and O–H groups in total. The molecule has 1 aliphatic heterocycles. The second-order valence-corrected chi connectivity index (χ2v) is 9.07. The highest BCUT2D eigenvalue weighted by atomic mass is 35.5. The molecule has 5 nitrogen and oxygen atoms in total. The molecule has 0 radical (unpaired) electrons. The molecule has 2 aromatic rings. The molecule has 0 bridgehead atoms. The molecule has 1 aromatic carbocycles. The van der Waals surface area contributed by atoms with Crippen LogP contribution in [0, 0.1) is 26.7 Å². The van der Waals surface area contributed by atoms with Crippen molar-refractivity contribution in [1.82, 2.24) is 15.6 Å². The van der Waals surface area contributed by atoms with Crippen LogP contribution in [0.5, 0.6) is 0 Å². The Balaban J connectivity index is 1.56. The lowest BCUT2D eigenvalue weighted by molar-refractivity contribution is 0.566. The van der Waals surface area contributed by atoms with Gasteiger partial charge in [0.1, 0.15) is 0 Å².